The molecule has 0 bridgehead atoms. The predicted octanol–water partition coefficient (Wildman–Crippen LogP) is 2.03. The van der Waals surface area contributed by atoms with E-state index in [4.69, 9.17) is 0 Å². The van der Waals surface area contributed by atoms with Gasteiger partial charge in [-0.3, -0.25) is 19.7 Å². The molecule has 1 amide bonds. The minimum Gasteiger partial charge on any atom is -0.351 e. The van der Waals surface area contributed by atoms with Crippen LogP contribution in [-0.2, 0) is 6.54 Å². The van der Waals surface area contributed by atoms with Gasteiger partial charge in [-0.05, 0) is 24.3 Å². The van der Waals surface area contributed by atoms with Crippen LogP contribution in [0.1, 0.15) is 22.5 Å². The van der Waals surface area contributed by atoms with E-state index in [1.54, 1.807) is 6.07 Å². The van der Waals surface area contributed by atoms with Crippen LogP contribution in [0.4, 0.5) is 5.69 Å². The van der Waals surface area contributed by atoms with Crippen molar-refractivity contribution < 1.29 is 9.72 Å². The summed E-state index contributed by atoms with van der Waals surface area (Å²) in [5.74, 6) is -0.109. The van der Waals surface area contributed by atoms with Gasteiger partial charge in [0.1, 0.15) is 0 Å². The van der Waals surface area contributed by atoms with E-state index in [9.17, 15) is 19.7 Å². The lowest BCUT2D eigenvalue weighted by Gasteiger charge is -2.06. The molecule has 0 unspecified atom stereocenters. The van der Waals surface area contributed by atoms with E-state index in [1.165, 1.54) is 34.2 Å². The maximum absolute atomic E-state index is 11.7. The van der Waals surface area contributed by atoms with Gasteiger partial charge < -0.3 is 9.88 Å². The third kappa shape index (κ3) is 4.26. The molecule has 0 aromatic carbocycles. The summed E-state index contributed by atoms with van der Waals surface area (Å²) in [6.07, 6.45) is 2.57. The standard InChI is InChI=1S/C14H15N3O4S/c18-13-6-5-11(17(20)21)10-16(13)8-2-1-7-15-14(19)12-4-3-9-22-12/h3-6,9-10H,1-2,7-8H2,(H,15,19). The van der Waals surface area contributed by atoms with Crippen LogP contribution < -0.4 is 10.9 Å². The molecule has 8 heteroatoms. The van der Waals surface area contributed by atoms with Crippen LogP contribution in [0.15, 0.2) is 40.6 Å². The Morgan fingerprint density at radius 2 is 2.14 bits per heavy atom. The molecule has 1 N–H and O–H groups in total. The van der Waals surface area contributed by atoms with Gasteiger partial charge in [0.15, 0.2) is 0 Å². The summed E-state index contributed by atoms with van der Waals surface area (Å²) < 4.78 is 1.32. The largest absolute Gasteiger partial charge is 0.351 e. The molecule has 0 radical (unpaired) electrons. The zero-order chi connectivity index (χ0) is 15.9. The van der Waals surface area contributed by atoms with Crippen molar-refractivity contribution in [3.8, 4) is 0 Å². The lowest BCUT2D eigenvalue weighted by molar-refractivity contribution is -0.385. The van der Waals surface area contributed by atoms with Gasteiger partial charge in [0, 0.05) is 25.2 Å². The van der Waals surface area contributed by atoms with Crippen molar-refractivity contribution in [3.05, 3.63) is 61.2 Å². The molecule has 2 rings (SSSR count). The highest BCUT2D eigenvalue weighted by atomic mass is 32.1. The zero-order valence-electron chi connectivity index (χ0n) is 11.7. The summed E-state index contributed by atoms with van der Waals surface area (Å²) in [5, 5.41) is 15.3. The smallest absolute Gasteiger partial charge is 0.285 e. The number of carbonyl (C=O) groups is 1. The van der Waals surface area contributed by atoms with Crippen LogP contribution >= 0.6 is 11.3 Å². The second kappa shape index (κ2) is 7.51. The van der Waals surface area contributed by atoms with Gasteiger partial charge in [-0.25, -0.2) is 0 Å². The summed E-state index contributed by atoms with van der Waals surface area (Å²) >= 11 is 1.38. The van der Waals surface area contributed by atoms with E-state index in [1.807, 2.05) is 11.4 Å². The summed E-state index contributed by atoms with van der Waals surface area (Å²) in [5.41, 5.74) is -0.376. The Kier molecular flexibility index (Phi) is 5.42. The molecule has 22 heavy (non-hydrogen) atoms. The van der Waals surface area contributed by atoms with Gasteiger partial charge in [-0.15, -0.1) is 11.3 Å². The first-order valence-corrected chi connectivity index (χ1v) is 7.62. The predicted molar refractivity (Wildman–Crippen MR) is 83.2 cm³/mol. The van der Waals surface area contributed by atoms with Crippen LogP contribution in [0.5, 0.6) is 0 Å². The molecule has 0 spiro atoms. The van der Waals surface area contributed by atoms with Gasteiger partial charge >= 0.3 is 0 Å². The Hall–Kier alpha value is -2.48. The fraction of sp³-hybridized carbons (Fsp3) is 0.286. The lowest BCUT2D eigenvalue weighted by atomic mass is 10.3. The molecular weight excluding hydrogens is 306 g/mol. The molecule has 0 aliphatic heterocycles. The zero-order valence-corrected chi connectivity index (χ0v) is 12.5. The Morgan fingerprint density at radius 3 is 2.82 bits per heavy atom. The highest BCUT2D eigenvalue weighted by molar-refractivity contribution is 7.12. The number of nitrogens with zero attached hydrogens (tertiary/aromatic N) is 2. The maximum atomic E-state index is 11.7. The monoisotopic (exact) mass is 321 g/mol. The van der Waals surface area contributed by atoms with E-state index in [0.29, 0.717) is 30.8 Å². The Balaban J connectivity index is 1.77. The molecule has 0 atom stereocenters. The van der Waals surface area contributed by atoms with Crippen molar-refractivity contribution in [2.75, 3.05) is 6.54 Å². The number of thiophene rings is 1. The third-order valence-electron chi connectivity index (χ3n) is 3.03. The molecular formula is C14H15N3O4S. The highest BCUT2D eigenvalue weighted by Gasteiger charge is 2.08. The van der Waals surface area contributed by atoms with Crippen LogP contribution in [0.3, 0.4) is 0 Å². The van der Waals surface area contributed by atoms with Crippen LogP contribution in [0, 0.1) is 10.1 Å². The number of aryl methyl sites for hydroxylation is 1. The average Bonchev–Trinajstić information content (AvgIpc) is 3.02. The Labute approximate surface area is 130 Å². The minimum atomic E-state index is -0.531. The summed E-state index contributed by atoms with van der Waals surface area (Å²) in [6.45, 7) is 0.885. The fourth-order valence-corrected chi connectivity index (χ4v) is 2.55. The first-order chi connectivity index (χ1) is 10.6. The number of hydrogen-bond donors (Lipinski definition) is 1. The number of hydrogen-bond acceptors (Lipinski definition) is 5. The number of unbranched alkanes of at least 4 members (excludes halogenated alkanes) is 1. The Morgan fingerprint density at radius 1 is 1.32 bits per heavy atom. The molecule has 0 fully saturated rings. The summed E-state index contributed by atoms with van der Waals surface area (Å²) in [6, 6.07) is 5.95. The third-order valence-corrected chi connectivity index (χ3v) is 3.90. The second-order valence-electron chi connectivity index (χ2n) is 4.62. The molecule has 2 heterocycles. The normalized spacial score (nSPS) is 10.4. The summed E-state index contributed by atoms with van der Waals surface area (Å²) in [4.78, 5) is 34.1. The molecule has 0 aliphatic rings. The van der Waals surface area contributed by atoms with Crippen LogP contribution in [0.2, 0.25) is 0 Å². The number of amides is 1. The van der Waals surface area contributed by atoms with Crippen molar-refractivity contribution in [2.45, 2.75) is 19.4 Å². The highest BCUT2D eigenvalue weighted by Crippen LogP contribution is 2.08. The van der Waals surface area contributed by atoms with Crippen molar-refractivity contribution in [3.63, 3.8) is 0 Å². The van der Waals surface area contributed by atoms with Crippen molar-refractivity contribution in [1.82, 2.24) is 9.88 Å². The number of carbonyl (C=O) groups excluding carboxylic acids is 1. The lowest BCUT2D eigenvalue weighted by Crippen LogP contribution is -2.24. The molecule has 0 aliphatic carbocycles. The van der Waals surface area contributed by atoms with Gasteiger partial charge in [-0.2, -0.15) is 0 Å². The van der Waals surface area contributed by atoms with Gasteiger partial charge in [0.05, 0.1) is 16.0 Å². The van der Waals surface area contributed by atoms with Gasteiger partial charge in [0.2, 0.25) is 0 Å². The van der Waals surface area contributed by atoms with Crippen molar-refractivity contribution in [1.29, 1.82) is 0 Å². The van der Waals surface area contributed by atoms with E-state index in [2.05, 4.69) is 5.32 Å². The van der Waals surface area contributed by atoms with E-state index in [-0.39, 0.29) is 17.2 Å². The molecule has 2 aromatic heterocycles. The first-order valence-electron chi connectivity index (χ1n) is 6.74. The topological polar surface area (TPSA) is 94.2 Å². The van der Waals surface area contributed by atoms with E-state index >= 15 is 0 Å². The van der Waals surface area contributed by atoms with E-state index < -0.39 is 4.92 Å². The SMILES string of the molecule is O=C(NCCCCn1cc([N+](=O)[O-])ccc1=O)c1cccs1. The quantitative estimate of drug-likeness (QED) is 0.479. The number of nitro groups is 1. The molecule has 2 aromatic rings. The van der Waals surface area contributed by atoms with Gasteiger partial charge in [-0.1, -0.05) is 6.07 Å². The second-order valence-corrected chi connectivity index (χ2v) is 5.56. The number of pyridine rings is 1. The number of rotatable bonds is 7. The fourth-order valence-electron chi connectivity index (χ4n) is 1.91. The molecule has 0 saturated heterocycles. The molecule has 7 nitrogen and oxygen atoms in total. The van der Waals surface area contributed by atoms with E-state index in [0.717, 1.165) is 0 Å². The maximum Gasteiger partial charge on any atom is 0.285 e. The van der Waals surface area contributed by atoms with Gasteiger partial charge in [0.25, 0.3) is 17.2 Å². The molecule has 0 saturated carbocycles. The molecule has 116 valence electrons. The summed E-state index contributed by atoms with van der Waals surface area (Å²) in [7, 11) is 0. The van der Waals surface area contributed by atoms with Crippen molar-refractivity contribution in [2.24, 2.45) is 0 Å². The Bertz CT molecular complexity index is 709. The average molecular weight is 321 g/mol. The minimum absolute atomic E-state index is 0.106. The van der Waals surface area contributed by atoms with Crippen molar-refractivity contribution >= 4 is 22.9 Å². The number of nitrogens with one attached hydrogen (secondary N) is 1. The first kappa shape index (κ1) is 15.9. The van der Waals surface area contributed by atoms with Crippen LogP contribution in [-0.4, -0.2) is 21.9 Å². The number of aromatic nitrogens is 1. The van der Waals surface area contributed by atoms with Crippen LogP contribution in [0.25, 0.3) is 0 Å².